The molecule has 1 saturated heterocycles. The highest BCUT2D eigenvalue weighted by molar-refractivity contribution is 5.94. The molecular weight excluding hydrogens is 250 g/mol. The van der Waals surface area contributed by atoms with E-state index in [0.717, 1.165) is 50.1 Å². The van der Waals surface area contributed by atoms with Gasteiger partial charge in [0, 0.05) is 19.1 Å². The summed E-state index contributed by atoms with van der Waals surface area (Å²) in [5.41, 5.74) is 3.33. The average Bonchev–Trinajstić information content (AvgIpc) is 2.49. The monoisotopic (exact) mass is 273 g/mol. The maximum atomic E-state index is 12.3. The van der Waals surface area contributed by atoms with Gasteiger partial charge in [-0.1, -0.05) is 12.1 Å². The first-order valence-corrected chi connectivity index (χ1v) is 7.68. The molecule has 4 nitrogen and oxygen atoms in total. The Hall–Kier alpha value is -1.71. The van der Waals surface area contributed by atoms with Crippen molar-refractivity contribution in [3.8, 4) is 0 Å². The second-order valence-electron chi connectivity index (χ2n) is 5.90. The molecule has 0 aromatic heterocycles. The van der Waals surface area contributed by atoms with Crippen molar-refractivity contribution in [2.75, 3.05) is 23.7 Å². The molecule has 2 N–H and O–H groups in total. The standard InChI is InChI=1S/C16H23N3O/c1-12-8-9-13-6-5-7-14(15(13)17-12)18-16(20)19-10-3-2-4-11-19/h5-7,12,17H,2-4,8-11H2,1H3,(H,18,20). The summed E-state index contributed by atoms with van der Waals surface area (Å²) >= 11 is 0. The number of nitrogens with zero attached hydrogens (tertiary/aromatic N) is 1. The van der Waals surface area contributed by atoms with Gasteiger partial charge in [-0.05, 0) is 50.7 Å². The van der Waals surface area contributed by atoms with Crippen molar-refractivity contribution in [2.45, 2.75) is 45.1 Å². The topological polar surface area (TPSA) is 44.4 Å². The van der Waals surface area contributed by atoms with E-state index in [1.165, 1.54) is 12.0 Å². The Balaban J connectivity index is 1.75. The van der Waals surface area contributed by atoms with Crippen molar-refractivity contribution in [1.29, 1.82) is 0 Å². The van der Waals surface area contributed by atoms with Crippen molar-refractivity contribution in [3.05, 3.63) is 23.8 Å². The Morgan fingerprint density at radius 1 is 1.30 bits per heavy atom. The number of hydrogen-bond donors (Lipinski definition) is 2. The van der Waals surface area contributed by atoms with Gasteiger partial charge >= 0.3 is 6.03 Å². The number of urea groups is 1. The molecule has 1 atom stereocenters. The van der Waals surface area contributed by atoms with Crippen LogP contribution in [0.1, 0.15) is 38.2 Å². The van der Waals surface area contributed by atoms with Gasteiger partial charge in [-0.15, -0.1) is 0 Å². The summed E-state index contributed by atoms with van der Waals surface area (Å²) in [6.07, 6.45) is 5.71. The van der Waals surface area contributed by atoms with Gasteiger partial charge < -0.3 is 15.5 Å². The first-order valence-electron chi connectivity index (χ1n) is 7.68. The van der Waals surface area contributed by atoms with E-state index < -0.39 is 0 Å². The van der Waals surface area contributed by atoms with Crippen molar-refractivity contribution < 1.29 is 4.79 Å². The molecule has 108 valence electrons. The zero-order valence-corrected chi connectivity index (χ0v) is 12.1. The number of aryl methyl sites for hydroxylation is 1. The van der Waals surface area contributed by atoms with E-state index in [-0.39, 0.29) is 6.03 Å². The number of piperidine rings is 1. The van der Waals surface area contributed by atoms with Gasteiger partial charge in [-0.25, -0.2) is 4.79 Å². The number of benzene rings is 1. The van der Waals surface area contributed by atoms with Crippen molar-refractivity contribution in [2.24, 2.45) is 0 Å². The summed E-state index contributed by atoms with van der Waals surface area (Å²) in [6.45, 7) is 3.95. The van der Waals surface area contributed by atoms with E-state index in [1.807, 2.05) is 17.0 Å². The molecule has 0 radical (unpaired) electrons. The van der Waals surface area contributed by atoms with E-state index in [4.69, 9.17) is 0 Å². The molecule has 2 aliphatic rings. The summed E-state index contributed by atoms with van der Waals surface area (Å²) in [4.78, 5) is 14.2. The van der Waals surface area contributed by atoms with Crippen LogP contribution in [0, 0.1) is 0 Å². The van der Waals surface area contributed by atoms with Crippen LogP contribution in [-0.2, 0) is 6.42 Å². The zero-order chi connectivity index (χ0) is 13.9. The molecule has 0 bridgehead atoms. The van der Waals surface area contributed by atoms with Crippen LogP contribution in [0.5, 0.6) is 0 Å². The molecule has 2 amide bonds. The largest absolute Gasteiger partial charge is 0.381 e. The predicted molar refractivity (Wildman–Crippen MR) is 82.3 cm³/mol. The Labute approximate surface area is 120 Å². The third kappa shape index (κ3) is 2.74. The lowest BCUT2D eigenvalue weighted by molar-refractivity contribution is 0.200. The number of anilines is 2. The minimum Gasteiger partial charge on any atom is -0.381 e. The SMILES string of the molecule is CC1CCc2cccc(NC(=O)N3CCCCC3)c2N1. The number of carbonyl (C=O) groups excluding carboxylic acids is 1. The lowest BCUT2D eigenvalue weighted by Crippen LogP contribution is -2.39. The van der Waals surface area contributed by atoms with Crippen LogP contribution in [0.2, 0.25) is 0 Å². The van der Waals surface area contributed by atoms with Gasteiger partial charge in [0.2, 0.25) is 0 Å². The van der Waals surface area contributed by atoms with Crippen molar-refractivity contribution in [3.63, 3.8) is 0 Å². The fourth-order valence-electron chi connectivity index (χ4n) is 3.06. The van der Waals surface area contributed by atoms with Crippen LogP contribution in [0.4, 0.5) is 16.2 Å². The summed E-state index contributed by atoms with van der Waals surface area (Å²) in [6, 6.07) is 6.67. The van der Waals surface area contributed by atoms with E-state index >= 15 is 0 Å². The third-order valence-corrected chi connectivity index (χ3v) is 4.27. The fraction of sp³-hybridized carbons (Fsp3) is 0.562. The molecule has 3 rings (SSSR count). The van der Waals surface area contributed by atoms with Crippen LogP contribution in [0.25, 0.3) is 0 Å². The fourth-order valence-corrected chi connectivity index (χ4v) is 3.06. The first-order chi connectivity index (χ1) is 9.74. The number of rotatable bonds is 1. The first kappa shape index (κ1) is 13.3. The smallest absolute Gasteiger partial charge is 0.321 e. The van der Waals surface area contributed by atoms with E-state index in [9.17, 15) is 4.79 Å². The van der Waals surface area contributed by atoms with Crippen molar-refractivity contribution in [1.82, 2.24) is 4.90 Å². The summed E-state index contributed by atoms with van der Waals surface area (Å²) in [5, 5.41) is 6.59. The lowest BCUT2D eigenvalue weighted by Gasteiger charge is -2.29. The number of carbonyl (C=O) groups is 1. The summed E-state index contributed by atoms with van der Waals surface area (Å²) in [5.74, 6) is 0. The Morgan fingerprint density at radius 3 is 2.90 bits per heavy atom. The quantitative estimate of drug-likeness (QED) is 0.823. The van der Waals surface area contributed by atoms with Gasteiger partial charge in [0.05, 0.1) is 11.4 Å². The number of fused-ring (bicyclic) bond motifs is 1. The number of nitrogens with one attached hydrogen (secondary N) is 2. The van der Waals surface area contributed by atoms with E-state index in [2.05, 4.69) is 23.6 Å². The predicted octanol–water partition coefficient (Wildman–Crippen LogP) is 3.45. The van der Waals surface area contributed by atoms with Gasteiger partial charge in [-0.2, -0.15) is 0 Å². The second-order valence-corrected chi connectivity index (χ2v) is 5.90. The highest BCUT2D eigenvalue weighted by atomic mass is 16.2. The molecule has 1 unspecified atom stereocenters. The third-order valence-electron chi connectivity index (χ3n) is 4.27. The summed E-state index contributed by atoms with van der Waals surface area (Å²) < 4.78 is 0. The maximum absolute atomic E-state index is 12.3. The molecule has 2 heterocycles. The zero-order valence-electron chi connectivity index (χ0n) is 12.1. The normalized spacial score (nSPS) is 21.9. The molecule has 1 fully saturated rings. The molecule has 20 heavy (non-hydrogen) atoms. The van der Waals surface area contributed by atoms with Gasteiger partial charge in [0.25, 0.3) is 0 Å². The minimum absolute atomic E-state index is 0.0399. The average molecular weight is 273 g/mol. The number of likely N-dealkylation sites (tertiary alicyclic amines) is 1. The molecule has 1 aromatic rings. The van der Waals surface area contributed by atoms with Crippen LogP contribution in [0.3, 0.4) is 0 Å². The molecule has 1 aromatic carbocycles. The Morgan fingerprint density at radius 2 is 2.10 bits per heavy atom. The van der Waals surface area contributed by atoms with E-state index in [0.29, 0.717) is 6.04 Å². The van der Waals surface area contributed by atoms with Crippen LogP contribution >= 0.6 is 0 Å². The molecule has 0 aliphatic carbocycles. The molecule has 2 aliphatic heterocycles. The maximum Gasteiger partial charge on any atom is 0.321 e. The molecule has 0 saturated carbocycles. The number of para-hydroxylation sites is 1. The highest BCUT2D eigenvalue weighted by Gasteiger charge is 2.20. The lowest BCUT2D eigenvalue weighted by atomic mass is 9.98. The Bertz CT molecular complexity index is 494. The van der Waals surface area contributed by atoms with Gasteiger partial charge in [-0.3, -0.25) is 0 Å². The molecule has 0 spiro atoms. The number of amides is 2. The Kier molecular flexibility index (Phi) is 3.81. The van der Waals surface area contributed by atoms with Gasteiger partial charge in [0.15, 0.2) is 0 Å². The van der Waals surface area contributed by atoms with Gasteiger partial charge in [0.1, 0.15) is 0 Å². The van der Waals surface area contributed by atoms with Crippen LogP contribution < -0.4 is 10.6 Å². The highest BCUT2D eigenvalue weighted by Crippen LogP contribution is 2.32. The van der Waals surface area contributed by atoms with Crippen LogP contribution in [-0.4, -0.2) is 30.1 Å². The second kappa shape index (κ2) is 5.73. The minimum atomic E-state index is 0.0399. The van der Waals surface area contributed by atoms with Crippen molar-refractivity contribution >= 4 is 17.4 Å². The van der Waals surface area contributed by atoms with Crippen LogP contribution in [0.15, 0.2) is 18.2 Å². The number of hydrogen-bond acceptors (Lipinski definition) is 2. The van der Waals surface area contributed by atoms with E-state index in [1.54, 1.807) is 0 Å². The molecular formula is C16H23N3O. The molecule has 4 heteroatoms. The summed E-state index contributed by atoms with van der Waals surface area (Å²) in [7, 11) is 0.